The lowest BCUT2D eigenvalue weighted by Gasteiger charge is -2.41. The largest absolute Gasteiger partial charge is 0.374 e. The molecule has 1 aromatic heterocycles. The van der Waals surface area contributed by atoms with Gasteiger partial charge in [-0.25, -0.2) is 0 Å². The van der Waals surface area contributed by atoms with Crippen LogP contribution in [0.15, 0.2) is 24.5 Å². The minimum atomic E-state index is -0.00288. The maximum Gasteiger partial charge on any atom is 0.0837 e. The third kappa shape index (κ3) is 4.52. The van der Waals surface area contributed by atoms with Crippen LogP contribution in [0.1, 0.15) is 57.9 Å². The lowest BCUT2D eigenvalue weighted by molar-refractivity contribution is -0.0764. The van der Waals surface area contributed by atoms with Crippen molar-refractivity contribution < 1.29 is 4.74 Å². The number of hydrogen-bond acceptors (Lipinski definition) is 3. The summed E-state index contributed by atoms with van der Waals surface area (Å²) in [6.07, 6.45) is 12.5. The van der Waals surface area contributed by atoms with E-state index >= 15 is 0 Å². The second-order valence-corrected chi connectivity index (χ2v) is 6.09. The summed E-state index contributed by atoms with van der Waals surface area (Å²) in [6, 6.07) is 4.58. The maximum absolute atomic E-state index is 6.35. The van der Waals surface area contributed by atoms with Gasteiger partial charge in [-0.05, 0) is 44.4 Å². The smallest absolute Gasteiger partial charge is 0.0837 e. The van der Waals surface area contributed by atoms with Crippen LogP contribution in [0.2, 0.25) is 0 Å². The third-order valence-electron chi connectivity index (χ3n) is 4.63. The fourth-order valence-corrected chi connectivity index (χ4v) is 3.65. The van der Waals surface area contributed by atoms with Crippen LogP contribution in [0.3, 0.4) is 0 Å². The summed E-state index contributed by atoms with van der Waals surface area (Å²) in [4.78, 5) is 4.26. The number of aromatic nitrogens is 1. The number of rotatable bonds is 7. The van der Waals surface area contributed by atoms with Gasteiger partial charge in [0.05, 0.1) is 5.60 Å². The molecule has 0 aromatic carbocycles. The van der Waals surface area contributed by atoms with E-state index in [0.717, 1.165) is 19.6 Å². The highest BCUT2D eigenvalue weighted by Gasteiger charge is 2.39. The lowest BCUT2D eigenvalue weighted by Crippen LogP contribution is -2.53. The highest BCUT2D eigenvalue weighted by Crippen LogP contribution is 2.34. The average molecular weight is 290 g/mol. The van der Waals surface area contributed by atoms with Gasteiger partial charge in [0.1, 0.15) is 0 Å². The van der Waals surface area contributed by atoms with Crippen LogP contribution < -0.4 is 5.32 Å². The predicted octanol–water partition coefficient (Wildman–Crippen LogP) is 3.73. The molecule has 1 heterocycles. The van der Waals surface area contributed by atoms with Crippen molar-refractivity contribution in [2.24, 2.45) is 0 Å². The molecule has 0 radical (unpaired) electrons. The monoisotopic (exact) mass is 290 g/mol. The van der Waals surface area contributed by atoms with Crippen molar-refractivity contribution in [1.82, 2.24) is 10.3 Å². The van der Waals surface area contributed by atoms with Crippen molar-refractivity contribution in [3.05, 3.63) is 30.1 Å². The summed E-state index contributed by atoms with van der Waals surface area (Å²) < 4.78 is 6.35. The molecule has 0 spiro atoms. The topological polar surface area (TPSA) is 34.2 Å². The van der Waals surface area contributed by atoms with Crippen molar-refractivity contribution in [2.75, 3.05) is 13.2 Å². The molecule has 0 amide bonds. The van der Waals surface area contributed by atoms with Crippen molar-refractivity contribution in [1.29, 1.82) is 0 Å². The van der Waals surface area contributed by atoms with E-state index in [-0.39, 0.29) is 5.60 Å². The SMILES string of the molecule is CCNC(Cc1cccnc1)C1(OCC)CCCCCC1. The number of hydrogen-bond donors (Lipinski definition) is 1. The fourth-order valence-electron chi connectivity index (χ4n) is 3.65. The van der Waals surface area contributed by atoms with Gasteiger partial charge in [0, 0.05) is 25.0 Å². The lowest BCUT2D eigenvalue weighted by atomic mass is 9.82. The van der Waals surface area contributed by atoms with E-state index in [2.05, 4.69) is 30.2 Å². The first-order chi connectivity index (χ1) is 10.3. The van der Waals surface area contributed by atoms with Gasteiger partial charge in [-0.1, -0.05) is 38.7 Å². The zero-order valence-electron chi connectivity index (χ0n) is 13.6. The summed E-state index contributed by atoms with van der Waals surface area (Å²) in [7, 11) is 0. The minimum Gasteiger partial charge on any atom is -0.374 e. The molecule has 1 unspecified atom stereocenters. The Balaban J connectivity index is 2.18. The Bertz CT molecular complexity index is 385. The van der Waals surface area contributed by atoms with Crippen LogP contribution in [-0.2, 0) is 11.2 Å². The third-order valence-corrected chi connectivity index (χ3v) is 4.63. The van der Waals surface area contributed by atoms with E-state index in [4.69, 9.17) is 4.74 Å². The van der Waals surface area contributed by atoms with Gasteiger partial charge >= 0.3 is 0 Å². The molecule has 21 heavy (non-hydrogen) atoms. The number of nitrogens with zero attached hydrogens (tertiary/aromatic N) is 1. The van der Waals surface area contributed by atoms with Gasteiger partial charge in [-0.2, -0.15) is 0 Å². The molecule has 0 bridgehead atoms. The molecule has 1 aromatic rings. The number of pyridine rings is 1. The summed E-state index contributed by atoms with van der Waals surface area (Å²) >= 11 is 0. The zero-order chi connectivity index (χ0) is 15.0. The van der Waals surface area contributed by atoms with Crippen molar-refractivity contribution in [3.63, 3.8) is 0 Å². The average Bonchev–Trinajstić information content (AvgIpc) is 2.75. The first kappa shape index (κ1) is 16.4. The molecule has 1 atom stereocenters. The first-order valence-electron chi connectivity index (χ1n) is 8.57. The Hall–Kier alpha value is -0.930. The van der Waals surface area contributed by atoms with Crippen LogP contribution in [0.5, 0.6) is 0 Å². The van der Waals surface area contributed by atoms with E-state index in [1.807, 2.05) is 18.5 Å². The molecule has 1 saturated carbocycles. The summed E-state index contributed by atoms with van der Waals surface area (Å²) in [6.45, 7) is 6.10. The summed E-state index contributed by atoms with van der Waals surface area (Å²) in [5.74, 6) is 0. The van der Waals surface area contributed by atoms with Crippen LogP contribution in [0, 0.1) is 0 Å². The van der Waals surface area contributed by atoms with Gasteiger partial charge in [-0.15, -0.1) is 0 Å². The van der Waals surface area contributed by atoms with Crippen LogP contribution in [0.4, 0.5) is 0 Å². The van der Waals surface area contributed by atoms with Crippen LogP contribution in [-0.4, -0.2) is 29.8 Å². The minimum absolute atomic E-state index is 0.00288. The molecule has 0 aliphatic heterocycles. The molecule has 0 saturated heterocycles. The Morgan fingerprint density at radius 3 is 2.57 bits per heavy atom. The van der Waals surface area contributed by atoms with E-state index in [1.54, 1.807) is 0 Å². The van der Waals surface area contributed by atoms with Crippen LogP contribution >= 0.6 is 0 Å². The van der Waals surface area contributed by atoms with Crippen molar-refractivity contribution >= 4 is 0 Å². The highest BCUT2D eigenvalue weighted by atomic mass is 16.5. The van der Waals surface area contributed by atoms with E-state index in [9.17, 15) is 0 Å². The molecule has 1 aliphatic rings. The Labute approximate surface area is 129 Å². The van der Waals surface area contributed by atoms with Crippen molar-refractivity contribution in [2.45, 2.75) is 70.4 Å². The van der Waals surface area contributed by atoms with Gasteiger partial charge in [0.2, 0.25) is 0 Å². The Kier molecular flexibility index (Phi) is 6.65. The van der Waals surface area contributed by atoms with Crippen molar-refractivity contribution in [3.8, 4) is 0 Å². The van der Waals surface area contributed by atoms with E-state index in [0.29, 0.717) is 6.04 Å². The maximum atomic E-state index is 6.35. The summed E-state index contributed by atoms with van der Waals surface area (Å²) in [5.41, 5.74) is 1.30. The van der Waals surface area contributed by atoms with Gasteiger partial charge in [-0.3, -0.25) is 4.98 Å². The molecular weight excluding hydrogens is 260 g/mol. The van der Waals surface area contributed by atoms with E-state index in [1.165, 1.54) is 44.1 Å². The number of likely N-dealkylation sites (N-methyl/N-ethyl adjacent to an activating group) is 1. The van der Waals surface area contributed by atoms with Crippen LogP contribution in [0.25, 0.3) is 0 Å². The molecule has 118 valence electrons. The standard InChI is InChI=1S/C18H30N2O/c1-3-20-17(14-16-10-9-13-19-15-16)18(21-4-2)11-7-5-6-8-12-18/h9-10,13,15,17,20H,3-8,11-12,14H2,1-2H3. The molecule has 1 fully saturated rings. The quantitative estimate of drug-likeness (QED) is 0.777. The predicted molar refractivity (Wildman–Crippen MR) is 87.5 cm³/mol. The molecule has 2 rings (SSSR count). The number of nitrogens with one attached hydrogen (secondary N) is 1. The Morgan fingerprint density at radius 1 is 1.24 bits per heavy atom. The summed E-state index contributed by atoms with van der Waals surface area (Å²) in [5, 5.41) is 3.70. The zero-order valence-corrected chi connectivity index (χ0v) is 13.6. The number of ether oxygens (including phenoxy) is 1. The molecule has 1 N–H and O–H groups in total. The van der Waals surface area contributed by atoms with Gasteiger partial charge < -0.3 is 10.1 Å². The first-order valence-corrected chi connectivity index (χ1v) is 8.57. The Morgan fingerprint density at radius 2 is 2.00 bits per heavy atom. The molecule has 3 heteroatoms. The second-order valence-electron chi connectivity index (χ2n) is 6.09. The highest BCUT2D eigenvalue weighted by molar-refractivity contribution is 5.13. The molecular formula is C18H30N2O. The fraction of sp³-hybridized carbons (Fsp3) is 0.722. The normalized spacial score (nSPS) is 19.9. The molecule has 3 nitrogen and oxygen atoms in total. The molecule has 1 aliphatic carbocycles. The van der Waals surface area contributed by atoms with Gasteiger partial charge in [0.15, 0.2) is 0 Å². The van der Waals surface area contributed by atoms with Gasteiger partial charge in [0.25, 0.3) is 0 Å². The second kappa shape index (κ2) is 8.50. The van der Waals surface area contributed by atoms with E-state index < -0.39 is 0 Å².